The average Bonchev–Trinajstić information content (AvgIpc) is 3.72. The summed E-state index contributed by atoms with van der Waals surface area (Å²) in [5.74, 6) is -0.458. The summed E-state index contributed by atoms with van der Waals surface area (Å²) in [6.45, 7) is 6.28. The van der Waals surface area contributed by atoms with Crippen molar-refractivity contribution in [1.82, 2.24) is 29.1 Å². The maximum absolute atomic E-state index is 14.8. The Morgan fingerprint density at radius 2 is 1.71 bits per heavy atom. The zero-order valence-corrected chi connectivity index (χ0v) is 30.5. The lowest BCUT2D eigenvalue weighted by atomic mass is 10.4. The number of aliphatic hydroxyl groups is 1. The largest absolute Gasteiger partial charge is 0.510 e. The maximum Gasteiger partial charge on any atom is 0.510 e. The summed E-state index contributed by atoms with van der Waals surface area (Å²) in [5.41, 5.74) is -0.502. The zero-order chi connectivity index (χ0) is 37.8. The molecule has 4 rings (SSSR count). The molecule has 0 unspecified atom stereocenters. The number of anilines is 2. The first-order chi connectivity index (χ1) is 24.8. The number of carbonyl (C=O) groups is 2. The summed E-state index contributed by atoms with van der Waals surface area (Å²) < 4.78 is 71.6. The van der Waals surface area contributed by atoms with Gasteiger partial charge in [0.15, 0.2) is 23.1 Å². The van der Waals surface area contributed by atoms with E-state index in [4.69, 9.17) is 37.5 Å². The number of imidazole rings is 1. The van der Waals surface area contributed by atoms with Gasteiger partial charge < -0.3 is 48.7 Å². The third-order valence-corrected chi connectivity index (χ3v) is 9.07. The second-order valence-corrected chi connectivity index (χ2v) is 14.5. The van der Waals surface area contributed by atoms with Crippen molar-refractivity contribution >= 4 is 54.5 Å². The Hall–Kier alpha value is -4.12. The van der Waals surface area contributed by atoms with Gasteiger partial charge in [-0.25, -0.2) is 33.7 Å². The fourth-order valence-corrected chi connectivity index (χ4v) is 6.26. The molecule has 0 aliphatic carbocycles. The van der Waals surface area contributed by atoms with Gasteiger partial charge in [0.05, 0.1) is 50.7 Å². The molecule has 0 aromatic carbocycles. The highest BCUT2D eigenvalue weighted by molar-refractivity contribution is 8.00. The zero-order valence-electron chi connectivity index (χ0n) is 28.8. The van der Waals surface area contributed by atoms with Crippen LogP contribution < -0.4 is 16.3 Å². The summed E-state index contributed by atoms with van der Waals surface area (Å²) in [7, 11) is -4.18. The van der Waals surface area contributed by atoms with Gasteiger partial charge in [-0.15, -0.1) is 11.8 Å². The van der Waals surface area contributed by atoms with Crippen molar-refractivity contribution in [2.45, 2.75) is 71.1 Å². The summed E-state index contributed by atoms with van der Waals surface area (Å²) in [5, 5.41) is 14.9. The van der Waals surface area contributed by atoms with E-state index in [1.54, 1.807) is 39.2 Å². The molecule has 21 nitrogen and oxygen atoms in total. The van der Waals surface area contributed by atoms with Gasteiger partial charge in [-0.05, 0) is 34.6 Å². The summed E-state index contributed by atoms with van der Waals surface area (Å²) in [6.07, 6.45) is -1.36. The number of nitrogens with zero attached hydrogens (tertiary/aromatic N) is 6. The number of thioether (sulfide) groups is 1. The molecule has 288 valence electrons. The molecule has 4 heterocycles. The summed E-state index contributed by atoms with van der Waals surface area (Å²) in [4.78, 5) is 52.5. The third-order valence-electron chi connectivity index (χ3n) is 6.50. The van der Waals surface area contributed by atoms with Crippen molar-refractivity contribution in [1.29, 1.82) is 0 Å². The molecule has 52 heavy (non-hydrogen) atoms. The SMILES string of the molecule is CC(C)OC(=O)OCOP(=O)(CO[C@H](C)Cn1cnc2c(NCNc3nc(=O)n([C@@H]4CS[C@H](CO)O4)cc3F)ncnc21)OCOC(=O)OC(C)C. The molecule has 0 saturated carbocycles. The molecule has 3 N–H and O–H groups in total. The van der Waals surface area contributed by atoms with Crippen LogP contribution in [0.4, 0.5) is 25.6 Å². The molecule has 1 saturated heterocycles. The minimum atomic E-state index is -4.18. The van der Waals surface area contributed by atoms with Crippen molar-refractivity contribution < 1.29 is 61.1 Å². The Morgan fingerprint density at radius 3 is 2.33 bits per heavy atom. The first-order valence-electron chi connectivity index (χ1n) is 15.7. The number of aliphatic hydroxyl groups excluding tert-OH is 1. The monoisotopic (exact) mass is 778 g/mol. The van der Waals surface area contributed by atoms with Crippen LogP contribution in [0.15, 0.2) is 23.6 Å². The van der Waals surface area contributed by atoms with Crippen LogP contribution in [0.25, 0.3) is 11.2 Å². The normalized spacial score (nSPS) is 16.6. The predicted octanol–water partition coefficient (Wildman–Crippen LogP) is 3.21. The van der Waals surface area contributed by atoms with Gasteiger partial charge in [-0.1, -0.05) is 0 Å². The van der Waals surface area contributed by atoms with Gasteiger partial charge in [0.1, 0.15) is 29.9 Å². The minimum Gasteiger partial charge on any atom is -0.432 e. The number of ether oxygens (including phenoxy) is 6. The quantitative estimate of drug-likeness (QED) is 0.0898. The Balaban J connectivity index is 1.33. The van der Waals surface area contributed by atoms with Crippen LogP contribution in [0.3, 0.4) is 0 Å². The smallest absolute Gasteiger partial charge is 0.432 e. The molecule has 1 aliphatic rings. The molecule has 3 atom stereocenters. The lowest BCUT2D eigenvalue weighted by Gasteiger charge is -2.21. The second-order valence-electron chi connectivity index (χ2n) is 11.3. The van der Waals surface area contributed by atoms with Crippen molar-refractivity contribution in [3.8, 4) is 0 Å². The van der Waals surface area contributed by atoms with Crippen LogP contribution in [0, 0.1) is 5.82 Å². The van der Waals surface area contributed by atoms with Crippen LogP contribution in [0.2, 0.25) is 0 Å². The number of hydrogen-bond acceptors (Lipinski definition) is 20. The average molecular weight is 779 g/mol. The van der Waals surface area contributed by atoms with E-state index >= 15 is 0 Å². The summed E-state index contributed by atoms with van der Waals surface area (Å²) in [6, 6.07) is 0. The Morgan fingerprint density at radius 1 is 1.06 bits per heavy atom. The fraction of sp³-hybridized carbons (Fsp3) is 0.607. The Kier molecular flexibility index (Phi) is 14.9. The summed E-state index contributed by atoms with van der Waals surface area (Å²) >= 11 is 1.30. The Labute approximate surface area is 300 Å². The molecular weight excluding hydrogens is 738 g/mol. The van der Waals surface area contributed by atoms with E-state index in [0.717, 1.165) is 10.8 Å². The van der Waals surface area contributed by atoms with Crippen LogP contribution in [-0.2, 0) is 48.6 Å². The molecule has 24 heteroatoms. The van der Waals surface area contributed by atoms with Crippen LogP contribution in [-0.4, -0.2) is 109 Å². The molecule has 3 aromatic heterocycles. The van der Waals surface area contributed by atoms with E-state index < -0.39 is 81.3 Å². The van der Waals surface area contributed by atoms with Crippen molar-refractivity contribution in [3.63, 3.8) is 0 Å². The van der Waals surface area contributed by atoms with Gasteiger partial charge >= 0.3 is 25.6 Å². The van der Waals surface area contributed by atoms with Crippen molar-refractivity contribution in [3.05, 3.63) is 35.2 Å². The predicted molar refractivity (Wildman–Crippen MR) is 180 cm³/mol. The van der Waals surface area contributed by atoms with Crippen LogP contribution >= 0.6 is 19.4 Å². The minimum absolute atomic E-state index is 0.0959. The van der Waals surface area contributed by atoms with E-state index in [1.807, 2.05) is 0 Å². The Bertz CT molecular complexity index is 1730. The van der Waals surface area contributed by atoms with Gasteiger partial charge in [-0.3, -0.25) is 18.2 Å². The molecule has 0 radical (unpaired) electrons. The number of carbonyl (C=O) groups excluding carboxylic acids is 2. The molecule has 1 aliphatic heterocycles. The van der Waals surface area contributed by atoms with Gasteiger partial charge in [0, 0.05) is 5.75 Å². The van der Waals surface area contributed by atoms with Crippen molar-refractivity contribution in [2.75, 3.05) is 49.6 Å². The topological polar surface area (TPSA) is 248 Å². The molecule has 0 spiro atoms. The number of aromatic nitrogens is 6. The number of rotatable bonds is 19. The van der Waals surface area contributed by atoms with Crippen LogP contribution in [0.1, 0.15) is 40.8 Å². The standard InChI is InChI=1S/C28H40FN8O13PS/c1-16(2)48-27(40)43-13-46-51(42,47-14-44-28(41)49-17(3)4)15-45-18(5)6-36-12-34-22-24(32-11-33-25(22)36)31-10-30-23-19(29)7-37(26(39)35-23)20-9-52-21(8-38)50-20/h7,11-12,16-18,20-21,38H,6,8-10,13-15H2,1-5H3,(H,30,35,39)(H,31,32,33)/t18-,20+,21-/m1/s1. The van der Waals surface area contributed by atoms with E-state index in [2.05, 4.69) is 30.6 Å². The first-order valence-corrected chi connectivity index (χ1v) is 18.5. The van der Waals surface area contributed by atoms with Gasteiger partial charge in [0.25, 0.3) is 0 Å². The number of fused-ring (bicyclic) bond motifs is 1. The third kappa shape index (κ3) is 12.0. The highest BCUT2D eigenvalue weighted by Gasteiger charge is 2.30. The molecular formula is C28H40FN8O13PS. The highest BCUT2D eigenvalue weighted by atomic mass is 32.2. The van der Waals surface area contributed by atoms with Gasteiger partial charge in [-0.2, -0.15) is 4.98 Å². The van der Waals surface area contributed by atoms with Crippen molar-refractivity contribution in [2.24, 2.45) is 0 Å². The molecule has 3 aromatic rings. The van der Waals surface area contributed by atoms with E-state index in [-0.39, 0.29) is 31.5 Å². The van der Waals surface area contributed by atoms with E-state index in [0.29, 0.717) is 16.9 Å². The first kappa shape index (κ1) is 40.6. The fourth-order valence-electron chi connectivity index (χ4n) is 4.24. The van der Waals surface area contributed by atoms with Gasteiger partial charge in [0.2, 0.25) is 13.6 Å². The van der Waals surface area contributed by atoms with E-state index in [1.165, 1.54) is 24.4 Å². The highest BCUT2D eigenvalue weighted by Crippen LogP contribution is 2.48. The number of hydrogen-bond donors (Lipinski definition) is 3. The van der Waals surface area contributed by atoms with Crippen LogP contribution in [0.5, 0.6) is 0 Å². The second kappa shape index (κ2) is 19.1. The molecule has 1 fully saturated rings. The van der Waals surface area contributed by atoms with E-state index in [9.17, 15) is 28.4 Å². The lowest BCUT2D eigenvalue weighted by molar-refractivity contribution is -0.0369. The molecule has 0 amide bonds. The molecule has 0 bridgehead atoms. The number of halogens is 1. The maximum atomic E-state index is 14.8. The number of nitrogens with one attached hydrogen (secondary N) is 2. The lowest BCUT2D eigenvalue weighted by Crippen LogP contribution is -2.30.